The van der Waals surface area contributed by atoms with E-state index in [0.29, 0.717) is 12.2 Å². The molecule has 20 heavy (non-hydrogen) atoms. The van der Waals surface area contributed by atoms with Crippen molar-refractivity contribution in [2.45, 2.75) is 25.3 Å². The van der Waals surface area contributed by atoms with Gasteiger partial charge in [-0.05, 0) is 24.1 Å². The molecular weight excluding hydrogens is 262 g/mol. The van der Waals surface area contributed by atoms with E-state index in [4.69, 9.17) is 14.9 Å². The molecule has 1 aromatic carbocycles. The summed E-state index contributed by atoms with van der Waals surface area (Å²) in [5.41, 5.74) is 0.938. The Morgan fingerprint density at radius 2 is 2.15 bits per heavy atom. The summed E-state index contributed by atoms with van der Waals surface area (Å²) in [5, 5.41) is 20.0. The maximum absolute atomic E-state index is 11.7. The van der Waals surface area contributed by atoms with Crippen LogP contribution < -0.4 is 10.1 Å². The Hall–Kier alpha value is -2.08. The molecular formula is C14H19NO5. The zero-order valence-corrected chi connectivity index (χ0v) is 11.3. The molecule has 0 fully saturated rings. The number of methoxy groups -OCH3 is 1. The van der Waals surface area contributed by atoms with E-state index >= 15 is 0 Å². The molecule has 6 nitrogen and oxygen atoms in total. The van der Waals surface area contributed by atoms with Gasteiger partial charge in [0.15, 0.2) is 0 Å². The van der Waals surface area contributed by atoms with Crippen molar-refractivity contribution in [1.29, 1.82) is 0 Å². The lowest BCUT2D eigenvalue weighted by molar-refractivity contribution is -0.142. The van der Waals surface area contributed by atoms with Crippen LogP contribution >= 0.6 is 0 Å². The molecule has 0 aliphatic heterocycles. The number of carboxylic acid groups (broad SMARTS) is 1. The molecule has 1 unspecified atom stereocenters. The van der Waals surface area contributed by atoms with Gasteiger partial charge in [-0.3, -0.25) is 4.79 Å². The summed E-state index contributed by atoms with van der Waals surface area (Å²) >= 11 is 0. The van der Waals surface area contributed by atoms with E-state index in [0.717, 1.165) is 5.56 Å². The fraction of sp³-hybridized carbons (Fsp3) is 0.429. The fourth-order valence-electron chi connectivity index (χ4n) is 1.74. The Bertz CT molecular complexity index is 461. The number of hydrogen-bond donors (Lipinski definition) is 3. The average Bonchev–Trinajstić information content (AvgIpc) is 2.44. The topological polar surface area (TPSA) is 95.9 Å². The maximum Gasteiger partial charge on any atom is 0.326 e. The number of amides is 1. The van der Waals surface area contributed by atoms with Gasteiger partial charge in [0.1, 0.15) is 11.8 Å². The number of rotatable bonds is 8. The van der Waals surface area contributed by atoms with Gasteiger partial charge >= 0.3 is 5.97 Å². The number of aliphatic hydroxyl groups is 1. The Kier molecular flexibility index (Phi) is 6.52. The largest absolute Gasteiger partial charge is 0.497 e. The van der Waals surface area contributed by atoms with Crippen LogP contribution in [-0.2, 0) is 16.0 Å². The van der Waals surface area contributed by atoms with Crippen molar-refractivity contribution >= 4 is 11.9 Å². The maximum atomic E-state index is 11.7. The van der Waals surface area contributed by atoms with Crippen molar-refractivity contribution in [3.8, 4) is 5.75 Å². The van der Waals surface area contributed by atoms with Gasteiger partial charge < -0.3 is 20.3 Å². The molecule has 0 heterocycles. The summed E-state index contributed by atoms with van der Waals surface area (Å²) in [4.78, 5) is 22.5. The van der Waals surface area contributed by atoms with Crippen molar-refractivity contribution in [3.63, 3.8) is 0 Å². The summed E-state index contributed by atoms with van der Waals surface area (Å²) < 4.78 is 5.08. The number of nitrogens with one attached hydrogen (secondary N) is 1. The lowest BCUT2D eigenvalue weighted by Gasteiger charge is -2.13. The molecule has 0 aromatic heterocycles. The standard InChI is InChI=1S/C14H19NO5/c1-20-11-4-2-3-10(9-11)5-6-13(17)15-12(7-8-16)14(18)19/h2-4,9,12,16H,5-8H2,1H3,(H,15,17)(H,18,19). The molecule has 0 aliphatic rings. The fourth-order valence-corrected chi connectivity index (χ4v) is 1.74. The van der Waals surface area contributed by atoms with E-state index < -0.39 is 12.0 Å². The van der Waals surface area contributed by atoms with Crippen LogP contribution in [0.3, 0.4) is 0 Å². The minimum Gasteiger partial charge on any atom is -0.497 e. The number of hydrogen-bond acceptors (Lipinski definition) is 4. The second-order valence-electron chi connectivity index (χ2n) is 4.32. The molecule has 1 rings (SSSR count). The molecule has 0 bridgehead atoms. The first-order chi connectivity index (χ1) is 9.56. The third-order valence-electron chi connectivity index (χ3n) is 2.83. The van der Waals surface area contributed by atoms with Gasteiger partial charge in [0.05, 0.1) is 7.11 Å². The van der Waals surface area contributed by atoms with Crippen molar-refractivity contribution in [2.24, 2.45) is 0 Å². The zero-order chi connectivity index (χ0) is 15.0. The highest BCUT2D eigenvalue weighted by Crippen LogP contribution is 2.13. The quantitative estimate of drug-likeness (QED) is 0.648. The molecule has 1 atom stereocenters. The highest BCUT2D eigenvalue weighted by Gasteiger charge is 2.18. The number of benzene rings is 1. The highest BCUT2D eigenvalue weighted by molar-refractivity contribution is 5.83. The minimum absolute atomic E-state index is 0.000231. The van der Waals surface area contributed by atoms with Gasteiger partial charge in [0, 0.05) is 19.4 Å². The van der Waals surface area contributed by atoms with Crippen LogP contribution in [-0.4, -0.2) is 41.8 Å². The molecule has 6 heteroatoms. The monoisotopic (exact) mass is 281 g/mol. The summed E-state index contributed by atoms with van der Waals surface area (Å²) in [7, 11) is 1.57. The van der Waals surface area contributed by atoms with Gasteiger partial charge in [-0.1, -0.05) is 12.1 Å². The van der Waals surface area contributed by atoms with Crippen molar-refractivity contribution in [3.05, 3.63) is 29.8 Å². The summed E-state index contributed by atoms with van der Waals surface area (Å²) in [6.45, 7) is -0.285. The molecule has 0 saturated carbocycles. The molecule has 0 radical (unpaired) electrons. The summed E-state index contributed by atoms with van der Waals surface area (Å²) in [5.74, 6) is -0.783. The van der Waals surface area contributed by atoms with Gasteiger partial charge in [-0.2, -0.15) is 0 Å². The van der Waals surface area contributed by atoms with Gasteiger partial charge in [-0.15, -0.1) is 0 Å². The molecule has 0 spiro atoms. The third-order valence-corrected chi connectivity index (χ3v) is 2.83. The van der Waals surface area contributed by atoms with Crippen LogP contribution in [0.5, 0.6) is 5.75 Å². The van der Waals surface area contributed by atoms with E-state index in [9.17, 15) is 9.59 Å². The first kappa shape index (κ1) is 16.0. The van der Waals surface area contributed by atoms with E-state index in [-0.39, 0.29) is 25.4 Å². The van der Waals surface area contributed by atoms with Crippen LogP contribution in [0.4, 0.5) is 0 Å². The molecule has 0 saturated heterocycles. The number of aliphatic hydroxyl groups excluding tert-OH is 1. The Morgan fingerprint density at radius 3 is 2.75 bits per heavy atom. The number of carbonyl (C=O) groups excluding carboxylic acids is 1. The van der Waals surface area contributed by atoms with Crippen LogP contribution in [0.15, 0.2) is 24.3 Å². The van der Waals surface area contributed by atoms with Gasteiger partial charge in [0.25, 0.3) is 0 Å². The summed E-state index contributed by atoms with van der Waals surface area (Å²) in [6, 6.07) is 6.30. The lowest BCUT2D eigenvalue weighted by Crippen LogP contribution is -2.41. The minimum atomic E-state index is -1.14. The average molecular weight is 281 g/mol. The number of ether oxygens (including phenoxy) is 1. The van der Waals surface area contributed by atoms with E-state index in [1.807, 2.05) is 24.3 Å². The Balaban J connectivity index is 2.47. The zero-order valence-electron chi connectivity index (χ0n) is 11.3. The molecule has 1 amide bonds. The third kappa shape index (κ3) is 5.27. The number of aliphatic carboxylic acids is 1. The van der Waals surface area contributed by atoms with E-state index in [2.05, 4.69) is 5.32 Å². The predicted molar refractivity (Wildman–Crippen MR) is 72.6 cm³/mol. The second-order valence-corrected chi connectivity index (χ2v) is 4.32. The number of carbonyl (C=O) groups is 2. The van der Waals surface area contributed by atoms with Crippen molar-refractivity contribution in [1.82, 2.24) is 5.32 Å². The first-order valence-electron chi connectivity index (χ1n) is 6.32. The number of carboxylic acids is 1. The first-order valence-corrected chi connectivity index (χ1v) is 6.32. The van der Waals surface area contributed by atoms with E-state index in [1.54, 1.807) is 7.11 Å². The highest BCUT2D eigenvalue weighted by atomic mass is 16.5. The molecule has 3 N–H and O–H groups in total. The molecule has 0 aliphatic carbocycles. The van der Waals surface area contributed by atoms with Crippen LogP contribution in [0.1, 0.15) is 18.4 Å². The molecule has 1 aromatic rings. The number of aryl methyl sites for hydroxylation is 1. The smallest absolute Gasteiger partial charge is 0.326 e. The van der Waals surface area contributed by atoms with Gasteiger partial charge in [0.2, 0.25) is 5.91 Å². The normalized spacial score (nSPS) is 11.7. The summed E-state index contributed by atoms with van der Waals surface area (Å²) in [6.07, 6.45) is 0.678. The van der Waals surface area contributed by atoms with Crippen molar-refractivity contribution in [2.75, 3.05) is 13.7 Å². The lowest BCUT2D eigenvalue weighted by atomic mass is 10.1. The Morgan fingerprint density at radius 1 is 1.40 bits per heavy atom. The van der Waals surface area contributed by atoms with E-state index in [1.165, 1.54) is 0 Å². The van der Waals surface area contributed by atoms with Crippen LogP contribution in [0, 0.1) is 0 Å². The predicted octanol–water partition coefficient (Wildman–Crippen LogP) is 0.580. The van der Waals surface area contributed by atoms with Crippen LogP contribution in [0.2, 0.25) is 0 Å². The second kappa shape index (κ2) is 8.16. The van der Waals surface area contributed by atoms with Crippen LogP contribution in [0.25, 0.3) is 0 Å². The van der Waals surface area contributed by atoms with Crippen molar-refractivity contribution < 1.29 is 24.5 Å². The Labute approximate surface area is 117 Å². The molecule has 110 valence electrons. The SMILES string of the molecule is COc1cccc(CCC(=O)NC(CCO)C(=O)O)c1. The van der Waals surface area contributed by atoms with Gasteiger partial charge in [-0.25, -0.2) is 4.79 Å².